The number of aromatic hydroxyl groups is 2. The van der Waals surface area contributed by atoms with E-state index >= 15 is 0 Å². The summed E-state index contributed by atoms with van der Waals surface area (Å²) in [5.41, 5.74) is 0. The highest BCUT2D eigenvalue weighted by molar-refractivity contribution is 9.13. The molecule has 60 valence electrons. The van der Waals surface area contributed by atoms with Crippen LogP contribution < -0.4 is 0 Å². The Hall–Kier alpha value is 0.260. The predicted octanol–water partition coefficient (Wildman–Crippen LogP) is 3.39. The largest absolute Gasteiger partial charge is 0.507 e. The fourth-order valence-corrected chi connectivity index (χ4v) is 1.87. The Balaban J connectivity index is 3.46. The van der Waals surface area contributed by atoms with E-state index in [9.17, 15) is 5.11 Å². The minimum Gasteiger partial charge on any atom is -0.507 e. The molecule has 0 spiro atoms. The van der Waals surface area contributed by atoms with Crippen molar-refractivity contribution in [3.63, 3.8) is 0 Å². The predicted molar refractivity (Wildman–Crippen MR) is 52.9 cm³/mol. The van der Waals surface area contributed by atoms with Crippen molar-refractivity contribution in [2.24, 2.45) is 0 Å². The van der Waals surface area contributed by atoms with Gasteiger partial charge in [-0.1, -0.05) is 0 Å². The van der Waals surface area contributed by atoms with Crippen molar-refractivity contribution in [3.05, 3.63) is 19.5 Å². The molecule has 0 bridgehead atoms. The van der Waals surface area contributed by atoms with E-state index in [0.717, 1.165) is 0 Å². The Morgan fingerprint density at radius 2 is 1.55 bits per heavy atom. The van der Waals surface area contributed by atoms with Crippen LogP contribution >= 0.6 is 47.8 Å². The molecular formula is C6H3Br3O2. The van der Waals surface area contributed by atoms with Crippen LogP contribution in [-0.2, 0) is 0 Å². The summed E-state index contributed by atoms with van der Waals surface area (Å²) in [5.74, 6) is -0.0190. The maximum absolute atomic E-state index is 9.28. The third-order valence-electron chi connectivity index (χ3n) is 1.11. The fourth-order valence-electron chi connectivity index (χ4n) is 0.578. The highest BCUT2D eigenvalue weighted by Crippen LogP contribution is 2.43. The zero-order valence-electron chi connectivity index (χ0n) is 5.11. The van der Waals surface area contributed by atoms with Crippen molar-refractivity contribution < 1.29 is 10.2 Å². The molecule has 0 saturated carbocycles. The fraction of sp³-hybridized carbons (Fsp3) is 0. The molecule has 1 aromatic rings. The van der Waals surface area contributed by atoms with Gasteiger partial charge in [-0.25, -0.2) is 0 Å². The van der Waals surface area contributed by atoms with Crippen molar-refractivity contribution in [3.8, 4) is 11.5 Å². The zero-order valence-corrected chi connectivity index (χ0v) is 9.86. The molecule has 11 heavy (non-hydrogen) atoms. The van der Waals surface area contributed by atoms with E-state index in [1.807, 2.05) is 0 Å². The summed E-state index contributed by atoms with van der Waals surface area (Å²) in [6.07, 6.45) is 0. The van der Waals surface area contributed by atoms with Crippen LogP contribution in [0.3, 0.4) is 0 Å². The monoisotopic (exact) mass is 344 g/mol. The highest BCUT2D eigenvalue weighted by atomic mass is 79.9. The van der Waals surface area contributed by atoms with Crippen molar-refractivity contribution in [1.82, 2.24) is 0 Å². The van der Waals surface area contributed by atoms with Crippen LogP contribution in [0, 0.1) is 0 Å². The molecule has 0 unspecified atom stereocenters. The second kappa shape index (κ2) is 3.33. The van der Waals surface area contributed by atoms with Crippen LogP contribution in [0.5, 0.6) is 11.5 Å². The molecule has 0 aliphatic heterocycles. The van der Waals surface area contributed by atoms with E-state index in [2.05, 4.69) is 47.8 Å². The molecule has 5 heteroatoms. The van der Waals surface area contributed by atoms with E-state index in [4.69, 9.17) is 5.11 Å². The molecule has 0 saturated heterocycles. The van der Waals surface area contributed by atoms with Gasteiger partial charge in [0.05, 0.1) is 4.47 Å². The Bertz CT molecular complexity index is 272. The molecule has 1 rings (SSSR count). The molecule has 0 atom stereocenters. The maximum atomic E-state index is 9.28. The van der Waals surface area contributed by atoms with Gasteiger partial charge in [-0.15, -0.1) is 0 Å². The lowest BCUT2D eigenvalue weighted by molar-refractivity contribution is 0.441. The molecule has 0 fully saturated rings. The Kier molecular flexibility index (Phi) is 2.83. The van der Waals surface area contributed by atoms with Crippen molar-refractivity contribution in [1.29, 1.82) is 0 Å². The van der Waals surface area contributed by atoms with E-state index in [-0.39, 0.29) is 16.0 Å². The van der Waals surface area contributed by atoms with Crippen molar-refractivity contribution >= 4 is 47.8 Å². The van der Waals surface area contributed by atoms with Gasteiger partial charge in [0.1, 0.15) is 16.0 Å². The average Bonchev–Trinajstić information content (AvgIpc) is 1.97. The molecule has 0 radical (unpaired) electrons. The molecule has 1 aromatic carbocycles. The van der Waals surface area contributed by atoms with Crippen LogP contribution in [0.25, 0.3) is 0 Å². The number of phenols is 2. The van der Waals surface area contributed by atoms with E-state index in [0.29, 0.717) is 8.95 Å². The lowest BCUT2D eigenvalue weighted by Gasteiger charge is -2.03. The average molecular weight is 347 g/mol. The van der Waals surface area contributed by atoms with Crippen LogP contribution in [-0.4, -0.2) is 10.2 Å². The van der Waals surface area contributed by atoms with Gasteiger partial charge in [-0.3, -0.25) is 0 Å². The lowest BCUT2D eigenvalue weighted by Crippen LogP contribution is -1.75. The quantitative estimate of drug-likeness (QED) is 0.707. The smallest absolute Gasteiger partial charge is 0.148 e. The second-order valence-electron chi connectivity index (χ2n) is 1.85. The van der Waals surface area contributed by atoms with Crippen LogP contribution in [0.2, 0.25) is 0 Å². The standard InChI is InChI=1S/C6H3Br3O2/c7-2-1-3(10)5(9)6(11)4(2)8/h1,10-11H. The SMILES string of the molecule is Oc1cc(Br)c(Br)c(O)c1Br. The molecule has 0 aliphatic rings. The van der Waals surface area contributed by atoms with Crippen LogP contribution in [0.1, 0.15) is 0 Å². The normalized spacial score (nSPS) is 10.1. The number of hydrogen-bond donors (Lipinski definition) is 2. The molecule has 2 nitrogen and oxygen atoms in total. The van der Waals surface area contributed by atoms with Gasteiger partial charge in [0.15, 0.2) is 0 Å². The summed E-state index contributed by atoms with van der Waals surface area (Å²) >= 11 is 9.28. The first kappa shape index (κ1) is 9.35. The number of phenolic OH excluding ortho intramolecular Hbond substituents is 2. The van der Waals surface area contributed by atoms with Gasteiger partial charge in [0.25, 0.3) is 0 Å². The van der Waals surface area contributed by atoms with Gasteiger partial charge in [0.2, 0.25) is 0 Å². The molecule has 2 N–H and O–H groups in total. The minimum absolute atomic E-state index is 0.00225. The van der Waals surface area contributed by atoms with E-state index in [1.165, 1.54) is 6.07 Å². The number of hydrogen-bond acceptors (Lipinski definition) is 2. The molecule has 0 amide bonds. The summed E-state index contributed by atoms with van der Waals surface area (Å²) in [6.45, 7) is 0. The number of benzene rings is 1. The van der Waals surface area contributed by atoms with Crippen LogP contribution in [0.15, 0.2) is 19.5 Å². The summed E-state index contributed by atoms with van der Waals surface area (Å²) in [5, 5.41) is 18.4. The molecule has 0 heterocycles. The van der Waals surface area contributed by atoms with Gasteiger partial charge in [-0.05, 0) is 53.9 Å². The second-order valence-corrected chi connectivity index (χ2v) is 4.29. The lowest BCUT2D eigenvalue weighted by atomic mass is 10.3. The first-order valence-electron chi connectivity index (χ1n) is 2.59. The van der Waals surface area contributed by atoms with Gasteiger partial charge in [-0.2, -0.15) is 0 Å². The van der Waals surface area contributed by atoms with Crippen molar-refractivity contribution in [2.75, 3.05) is 0 Å². The Morgan fingerprint density at radius 1 is 1.00 bits per heavy atom. The van der Waals surface area contributed by atoms with Gasteiger partial charge in [0, 0.05) is 4.47 Å². The topological polar surface area (TPSA) is 40.5 Å². The molecule has 0 aliphatic carbocycles. The summed E-state index contributed by atoms with van der Waals surface area (Å²) in [6, 6.07) is 1.48. The summed E-state index contributed by atoms with van der Waals surface area (Å²) < 4.78 is 1.41. The first-order valence-corrected chi connectivity index (χ1v) is 4.97. The Labute approximate surface area is 88.6 Å². The summed E-state index contributed by atoms with van der Waals surface area (Å²) in [4.78, 5) is 0. The maximum Gasteiger partial charge on any atom is 0.148 e. The van der Waals surface area contributed by atoms with Gasteiger partial charge < -0.3 is 10.2 Å². The third-order valence-corrected chi connectivity index (χ3v) is 3.86. The van der Waals surface area contributed by atoms with E-state index in [1.54, 1.807) is 0 Å². The van der Waals surface area contributed by atoms with Crippen molar-refractivity contribution in [2.45, 2.75) is 0 Å². The van der Waals surface area contributed by atoms with Crippen LogP contribution in [0.4, 0.5) is 0 Å². The van der Waals surface area contributed by atoms with Gasteiger partial charge >= 0.3 is 0 Å². The molecular weight excluding hydrogens is 344 g/mol. The summed E-state index contributed by atoms with van der Waals surface area (Å²) in [7, 11) is 0. The number of rotatable bonds is 0. The Morgan fingerprint density at radius 3 is 2.09 bits per heavy atom. The van der Waals surface area contributed by atoms with E-state index < -0.39 is 0 Å². The number of halogens is 3. The first-order chi connectivity index (χ1) is 5.04. The highest BCUT2D eigenvalue weighted by Gasteiger charge is 2.11. The zero-order chi connectivity index (χ0) is 8.59. The third kappa shape index (κ3) is 1.71. The minimum atomic E-state index is -0.0168. The molecule has 0 aromatic heterocycles.